The van der Waals surface area contributed by atoms with E-state index in [9.17, 15) is 18.3 Å². The molecule has 1 N–H and O–H groups in total. The maximum Gasteiger partial charge on any atom is 0.335 e. The molecule has 0 saturated carbocycles. The third kappa shape index (κ3) is 2.17. The van der Waals surface area contributed by atoms with Gasteiger partial charge in [0.05, 0.1) is 22.5 Å². The van der Waals surface area contributed by atoms with Gasteiger partial charge in [0.2, 0.25) is 10.0 Å². The standard InChI is InChI=1S/C14H16N2O4S/c1-2-15-6-4-11-12(15)8-10(14(17)18)9-13(11)16-5-3-7-21(16,19)20/h4,6,8-9H,2-3,5,7H2,1H3,(H,17,18). The summed E-state index contributed by atoms with van der Waals surface area (Å²) >= 11 is 0. The summed E-state index contributed by atoms with van der Waals surface area (Å²) in [4.78, 5) is 11.3. The molecule has 2 aromatic rings. The van der Waals surface area contributed by atoms with Crippen LogP contribution in [0, 0.1) is 0 Å². The molecule has 0 aliphatic carbocycles. The number of carboxylic acid groups (broad SMARTS) is 1. The van der Waals surface area contributed by atoms with E-state index < -0.39 is 16.0 Å². The van der Waals surface area contributed by atoms with Crippen LogP contribution in [0.2, 0.25) is 0 Å². The third-order valence-electron chi connectivity index (χ3n) is 3.82. The number of benzene rings is 1. The van der Waals surface area contributed by atoms with Crippen molar-refractivity contribution < 1.29 is 18.3 Å². The number of sulfonamides is 1. The van der Waals surface area contributed by atoms with E-state index in [2.05, 4.69) is 0 Å². The van der Waals surface area contributed by atoms with Crippen molar-refractivity contribution >= 4 is 32.6 Å². The number of aromatic nitrogens is 1. The molecule has 1 saturated heterocycles. The van der Waals surface area contributed by atoms with Gasteiger partial charge < -0.3 is 9.67 Å². The fourth-order valence-electron chi connectivity index (χ4n) is 2.79. The number of aryl methyl sites for hydroxylation is 1. The summed E-state index contributed by atoms with van der Waals surface area (Å²) in [6, 6.07) is 4.88. The molecule has 0 spiro atoms. The largest absolute Gasteiger partial charge is 0.478 e. The number of rotatable bonds is 3. The number of nitrogens with zero attached hydrogens (tertiary/aromatic N) is 2. The van der Waals surface area contributed by atoms with E-state index in [0.29, 0.717) is 25.2 Å². The molecule has 21 heavy (non-hydrogen) atoms. The summed E-state index contributed by atoms with van der Waals surface area (Å²) in [5.74, 6) is -0.945. The lowest BCUT2D eigenvalue weighted by Crippen LogP contribution is -2.25. The van der Waals surface area contributed by atoms with Gasteiger partial charge in [-0.05, 0) is 31.5 Å². The number of fused-ring (bicyclic) bond motifs is 1. The monoisotopic (exact) mass is 308 g/mol. The first-order valence-corrected chi connectivity index (χ1v) is 8.41. The molecule has 112 valence electrons. The Morgan fingerprint density at radius 2 is 2.14 bits per heavy atom. The number of carbonyl (C=O) groups is 1. The highest BCUT2D eigenvalue weighted by Crippen LogP contribution is 2.33. The molecule has 1 aliphatic rings. The zero-order valence-electron chi connectivity index (χ0n) is 11.6. The van der Waals surface area contributed by atoms with E-state index in [0.717, 1.165) is 10.9 Å². The molecule has 6 nitrogen and oxygen atoms in total. The van der Waals surface area contributed by atoms with Crippen molar-refractivity contribution in [2.45, 2.75) is 19.9 Å². The molecule has 0 unspecified atom stereocenters. The SMILES string of the molecule is CCn1ccc2c(N3CCCS3(=O)=O)cc(C(=O)O)cc21. The first-order valence-electron chi connectivity index (χ1n) is 6.80. The van der Waals surface area contributed by atoms with Crippen LogP contribution < -0.4 is 4.31 Å². The van der Waals surface area contributed by atoms with E-state index in [-0.39, 0.29) is 11.3 Å². The average molecular weight is 308 g/mol. The van der Waals surface area contributed by atoms with Gasteiger partial charge in [-0.25, -0.2) is 13.2 Å². The first kappa shape index (κ1) is 13.9. The second kappa shape index (κ2) is 4.77. The van der Waals surface area contributed by atoms with Crippen LogP contribution in [0.4, 0.5) is 5.69 Å². The lowest BCUT2D eigenvalue weighted by molar-refractivity contribution is 0.0697. The van der Waals surface area contributed by atoms with Crippen LogP contribution in [0.5, 0.6) is 0 Å². The number of aromatic carboxylic acids is 1. The molecule has 1 fully saturated rings. The molecule has 1 aliphatic heterocycles. The predicted molar refractivity (Wildman–Crippen MR) is 80.3 cm³/mol. The van der Waals surface area contributed by atoms with Gasteiger partial charge >= 0.3 is 5.97 Å². The molecular formula is C14H16N2O4S. The molecule has 0 radical (unpaired) electrons. The summed E-state index contributed by atoms with van der Waals surface area (Å²) < 4.78 is 27.5. The zero-order chi connectivity index (χ0) is 15.2. The van der Waals surface area contributed by atoms with Crippen LogP contribution in [0.15, 0.2) is 24.4 Å². The van der Waals surface area contributed by atoms with Crippen molar-refractivity contribution in [1.82, 2.24) is 4.57 Å². The van der Waals surface area contributed by atoms with E-state index in [1.807, 2.05) is 23.8 Å². The Hall–Kier alpha value is -2.02. The molecular weight excluding hydrogens is 292 g/mol. The second-order valence-electron chi connectivity index (χ2n) is 5.08. The van der Waals surface area contributed by atoms with Crippen LogP contribution in [0.3, 0.4) is 0 Å². The molecule has 0 atom stereocenters. The van der Waals surface area contributed by atoms with Crippen LogP contribution >= 0.6 is 0 Å². The molecule has 0 bridgehead atoms. The first-order chi connectivity index (χ1) is 9.94. The Morgan fingerprint density at radius 3 is 2.71 bits per heavy atom. The van der Waals surface area contributed by atoms with Crippen LogP contribution in [0.1, 0.15) is 23.7 Å². The van der Waals surface area contributed by atoms with Crippen molar-refractivity contribution in [3.05, 3.63) is 30.0 Å². The Morgan fingerprint density at radius 1 is 1.38 bits per heavy atom. The highest BCUT2D eigenvalue weighted by Gasteiger charge is 2.30. The van der Waals surface area contributed by atoms with Gasteiger partial charge in [0.15, 0.2) is 0 Å². The molecule has 0 amide bonds. The fraction of sp³-hybridized carbons (Fsp3) is 0.357. The summed E-state index contributed by atoms with van der Waals surface area (Å²) in [6.07, 6.45) is 2.41. The Balaban J connectivity index is 2.30. The van der Waals surface area contributed by atoms with Gasteiger partial charge in [-0.1, -0.05) is 0 Å². The number of hydrogen-bond donors (Lipinski definition) is 1. The Labute approximate surface area is 122 Å². The van der Waals surface area contributed by atoms with Crippen molar-refractivity contribution in [1.29, 1.82) is 0 Å². The van der Waals surface area contributed by atoms with Gasteiger partial charge in [-0.15, -0.1) is 0 Å². The van der Waals surface area contributed by atoms with Crippen molar-refractivity contribution in [3.8, 4) is 0 Å². The normalized spacial score (nSPS) is 17.5. The molecule has 7 heteroatoms. The van der Waals surface area contributed by atoms with Crippen LogP contribution in [-0.4, -0.2) is 36.4 Å². The summed E-state index contributed by atoms with van der Waals surface area (Å²) in [7, 11) is -3.34. The average Bonchev–Trinajstić information content (AvgIpc) is 3.00. The quantitative estimate of drug-likeness (QED) is 0.939. The Kier molecular flexibility index (Phi) is 3.16. The van der Waals surface area contributed by atoms with Crippen molar-refractivity contribution in [3.63, 3.8) is 0 Å². The minimum absolute atomic E-state index is 0.105. The lowest BCUT2D eigenvalue weighted by Gasteiger charge is -2.19. The van der Waals surface area contributed by atoms with E-state index >= 15 is 0 Å². The summed E-state index contributed by atoms with van der Waals surface area (Å²) in [5, 5.41) is 10.0. The highest BCUT2D eigenvalue weighted by molar-refractivity contribution is 7.93. The van der Waals surface area contributed by atoms with E-state index in [4.69, 9.17) is 0 Å². The van der Waals surface area contributed by atoms with Crippen molar-refractivity contribution in [2.75, 3.05) is 16.6 Å². The molecule has 3 rings (SSSR count). The van der Waals surface area contributed by atoms with E-state index in [1.165, 1.54) is 10.4 Å². The van der Waals surface area contributed by atoms with Crippen LogP contribution in [0.25, 0.3) is 10.9 Å². The molecule has 1 aromatic heterocycles. The topological polar surface area (TPSA) is 79.6 Å². The summed E-state index contributed by atoms with van der Waals surface area (Å²) in [6.45, 7) is 3.05. The summed E-state index contributed by atoms with van der Waals surface area (Å²) in [5.41, 5.74) is 1.32. The van der Waals surface area contributed by atoms with Crippen molar-refractivity contribution in [2.24, 2.45) is 0 Å². The van der Waals surface area contributed by atoms with Gasteiger partial charge in [0, 0.05) is 24.7 Å². The smallest absolute Gasteiger partial charge is 0.335 e. The van der Waals surface area contributed by atoms with Gasteiger partial charge in [0.25, 0.3) is 0 Å². The minimum atomic E-state index is -3.34. The fourth-order valence-corrected chi connectivity index (χ4v) is 4.36. The van der Waals surface area contributed by atoms with Crippen LogP contribution in [-0.2, 0) is 16.6 Å². The maximum absolute atomic E-state index is 12.1. The van der Waals surface area contributed by atoms with Gasteiger partial charge in [0.1, 0.15) is 0 Å². The number of carboxylic acids is 1. The molecule has 1 aromatic carbocycles. The highest BCUT2D eigenvalue weighted by atomic mass is 32.2. The Bertz CT molecular complexity index is 823. The lowest BCUT2D eigenvalue weighted by atomic mass is 10.1. The number of anilines is 1. The van der Waals surface area contributed by atoms with Gasteiger partial charge in [-0.3, -0.25) is 4.31 Å². The maximum atomic E-state index is 12.1. The second-order valence-corrected chi connectivity index (χ2v) is 7.09. The molecule has 2 heterocycles. The number of hydrogen-bond acceptors (Lipinski definition) is 3. The predicted octanol–water partition coefficient (Wildman–Crippen LogP) is 1.90. The van der Waals surface area contributed by atoms with E-state index in [1.54, 1.807) is 6.07 Å². The third-order valence-corrected chi connectivity index (χ3v) is 5.68. The van der Waals surface area contributed by atoms with Gasteiger partial charge in [-0.2, -0.15) is 0 Å². The zero-order valence-corrected chi connectivity index (χ0v) is 12.4. The minimum Gasteiger partial charge on any atom is -0.478 e.